The molecular weight excluding hydrogens is 164 g/mol. The van der Waals surface area contributed by atoms with E-state index in [-0.39, 0.29) is 5.92 Å². The summed E-state index contributed by atoms with van der Waals surface area (Å²) in [5.74, 6) is 3.65. The zero-order valence-corrected chi connectivity index (χ0v) is 7.32. The van der Waals surface area contributed by atoms with Crippen LogP contribution in [0.5, 0.6) is 0 Å². The molecule has 0 saturated heterocycles. The van der Waals surface area contributed by atoms with E-state index in [1.807, 2.05) is 37.3 Å². The van der Waals surface area contributed by atoms with Crippen molar-refractivity contribution in [3.63, 3.8) is 0 Å². The first-order chi connectivity index (χ1) is 6.20. The molecule has 0 aliphatic carbocycles. The van der Waals surface area contributed by atoms with Gasteiger partial charge in [-0.2, -0.15) is 0 Å². The topological polar surface area (TPSA) is 37.3 Å². The van der Waals surface area contributed by atoms with Crippen LogP contribution in [0.4, 0.5) is 0 Å². The maximum Gasteiger partial charge on any atom is 0.381 e. The number of hydrogen-bond donors (Lipinski definition) is 1. The van der Waals surface area contributed by atoms with E-state index in [0.29, 0.717) is 0 Å². The molecule has 1 atom stereocenters. The quantitative estimate of drug-likeness (QED) is 0.660. The van der Waals surface area contributed by atoms with Gasteiger partial charge in [-0.3, -0.25) is 0 Å². The lowest BCUT2D eigenvalue weighted by Gasteiger charge is -2.01. The molecule has 0 bridgehead atoms. The summed E-state index contributed by atoms with van der Waals surface area (Å²) in [5.41, 5.74) is 1.04. The molecular formula is C11H10O2. The highest BCUT2D eigenvalue weighted by atomic mass is 16.4. The first kappa shape index (κ1) is 9.34. The van der Waals surface area contributed by atoms with Crippen molar-refractivity contribution in [2.75, 3.05) is 0 Å². The summed E-state index contributed by atoms with van der Waals surface area (Å²) in [5, 5.41) is 8.34. The summed E-state index contributed by atoms with van der Waals surface area (Å²) in [6.07, 6.45) is 0. The minimum atomic E-state index is -1.08. The van der Waals surface area contributed by atoms with Gasteiger partial charge in [0.2, 0.25) is 0 Å². The van der Waals surface area contributed by atoms with Gasteiger partial charge in [-0.1, -0.05) is 36.3 Å². The molecule has 0 spiro atoms. The summed E-state index contributed by atoms with van der Waals surface area (Å²) in [7, 11) is 0. The van der Waals surface area contributed by atoms with Crippen molar-refractivity contribution in [1.82, 2.24) is 0 Å². The molecule has 1 aromatic carbocycles. The van der Waals surface area contributed by atoms with E-state index < -0.39 is 5.97 Å². The predicted octanol–water partition coefficient (Wildman–Crippen LogP) is 1.88. The van der Waals surface area contributed by atoms with E-state index in [9.17, 15) is 4.79 Å². The van der Waals surface area contributed by atoms with E-state index in [4.69, 9.17) is 5.11 Å². The summed E-state index contributed by atoms with van der Waals surface area (Å²) < 4.78 is 0. The maximum atomic E-state index is 10.2. The number of carbonyl (C=O) groups is 1. The van der Waals surface area contributed by atoms with E-state index in [1.165, 1.54) is 0 Å². The normalized spacial score (nSPS) is 11.2. The largest absolute Gasteiger partial charge is 0.472 e. The first-order valence-corrected chi connectivity index (χ1v) is 3.99. The molecule has 2 nitrogen and oxygen atoms in total. The van der Waals surface area contributed by atoms with Crippen molar-refractivity contribution in [3.8, 4) is 11.8 Å². The van der Waals surface area contributed by atoms with Gasteiger partial charge in [-0.25, -0.2) is 4.79 Å². The molecule has 1 rings (SSSR count). The van der Waals surface area contributed by atoms with Gasteiger partial charge in [-0.05, 0) is 12.5 Å². The van der Waals surface area contributed by atoms with E-state index >= 15 is 0 Å². The lowest BCUT2D eigenvalue weighted by atomic mass is 10.0. The van der Waals surface area contributed by atoms with Gasteiger partial charge in [0.15, 0.2) is 0 Å². The molecule has 0 aliphatic heterocycles. The molecule has 0 amide bonds. The number of benzene rings is 1. The molecule has 13 heavy (non-hydrogen) atoms. The average Bonchev–Trinajstić information content (AvgIpc) is 2.15. The lowest BCUT2D eigenvalue weighted by molar-refractivity contribution is -0.130. The van der Waals surface area contributed by atoms with Gasteiger partial charge >= 0.3 is 5.97 Å². The van der Waals surface area contributed by atoms with Crippen molar-refractivity contribution < 1.29 is 9.90 Å². The molecule has 2 heteroatoms. The summed E-state index contributed by atoms with van der Waals surface area (Å²) in [6.45, 7) is 1.88. The summed E-state index contributed by atoms with van der Waals surface area (Å²) in [4.78, 5) is 10.2. The van der Waals surface area contributed by atoms with Crippen molar-refractivity contribution in [2.45, 2.75) is 12.8 Å². The van der Waals surface area contributed by atoms with Crippen LogP contribution in [0, 0.1) is 11.8 Å². The number of carboxylic acids is 1. The van der Waals surface area contributed by atoms with E-state index in [0.717, 1.165) is 5.56 Å². The fourth-order valence-electron chi connectivity index (χ4n) is 0.995. The molecule has 0 radical (unpaired) electrons. The van der Waals surface area contributed by atoms with Gasteiger partial charge in [-0.15, -0.1) is 0 Å². The highest BCUT2D eigenvalue weighted by Gasteiger charge is 1.99. The van der Waals surface area contributed by atoms with Crippen LogP contribution in [-0.2, 0) is 4.79 Å². The fraction of sp³-hybridized carbons (Fsp3) is 0.182. The van der Waals surface area contributed by atoms with Crippen LogP contribution in [0.2, 0.25) is 0 Å². The summed E-state index contributed by atoms with van der Waals surface area (Å²) in [6, 6.07) is 9.60. The Kier molecular flexibility index (Phi) is 3.10. The van der Waals surface area contributed by atoms with Crippen molar-refractivity contribution in [2.24, 2.45) is 0 Å². The molecule has 1 aromatic rings. The Morgan fingerprint density at radius 2 is 2.00 bits per heavy atom. The minimum Gasteiger partial charge on any atom is -0.472 e. The number of aliphatic carboxylic acids is 1. The first-order valence-electron chi connectivity index (χ1n) is 3.99. The predicted molar refractivity (Wildman–Crippen MR) is 50.3 cm³/mol. The number of carboxylic acid groups (broad SMARTS) is 1. The van der Waals surface area contributed by atoms with Gasteiger partial charge in [0.1, 0.15) is 0 Å². The third-order valence-electron chi connectivity index (χ3n) is 1.70. The molecule has 0 heterocycles. The average molecular weight is 174 g/mol. The Labute approximate surface area is 77.2 Å². The van der Waals surface area contributed by atoms with Gasteiger partial charge < -0.3 is 5.11 Å². The SMILES string of the molecule is C[C@H](C#CC(=O)O)c1ccccc1. The van der Waals surface area contributed by atoms with Gasteiger partial charge in [0, 0.05) is 11.8 Å². The molecule has 0 unspecified atom stereocenters. The minimum absolute atomic E-state index is 0.0303. The highest BCUT2D eigenvalue weighted by molar-refractivity contribution is 5.86. The zero-order valence-electron chi connectivity index (χ0n) is 7.32. The van der Waals surface area contributed by atoms with E-state index in [2.05, 4.69) is 11.8 Å². The molecule has 0 aromatic heterocycles. The smallest absolute Gasteiger partial charge is 0.381 e. The molecule has 0 aliphatic rings. The molecule has 66 valence electrons. The van der Waals surface area contributed by atoms with E-state index in [1.54, 1.807) is 0 Å². The van der Waals surface area contributed by atoms with Crippen LogP contribution >= 0.6 is 0 Å². The van der Waals surface area contributed by atoms with Crippen molar-refractivity contribution >= 4 is 5.97 Å². The van der Waals surface area contributed by atoms with Crippen molar-refractivity contribution in [1.29, 1.82) is 0 Å². The summed E-state index contributed by atoms with van der Waals surface area (Å²) >= 11 is 0. The van der Waals surface area contributed by atoms with Crippen LogP contribution in [0.1, 0.15) is 18.4 Å². The lowest BCUT2D eigenvalue weighted by Crippen LogP contribution is -1.92. The third-order valence-corrected chi connectivity index (χ3v) is 1.70. The fourth-order valence-corrected chi connectivity index (χ4v) is 0.995. The van der Waals surface area contributed by atoms with Crippen LogP contribution in [0.15, 0.2) is 30.3 Å². The Hall–Kier alpha value is -1.75. The standard InChI is InChI=1S/C11H10O2/c1-9(7-8-11(12)13)10-5-3-2-4-6-10/h2-6,9H,1H3,(H,12,13)/t9-/m1/s1. The van der Waals surface area contributed by atoms with Gasteiger partial charge in [0.25, 0.3) is 0 Å². The number of rotatable bonds is 1. The zero-order chi connectivity index (χ0) is 9.68. The van der Waals surface area contributed by atoms with Crippen LogP contribution in [0.25, 0.3) is 0 Å². The second-order valence-corrected chi connectivity index (χ2v) is 2.71. The van der Waals surface area contributed by atoms with Crippen LogP contribution in [-0.4, -0.2) is 11.1 Å². The Bertz CT molecular complexity index is 343. The van der Waals surface area contributed by atoms with Crippen LogP contribution in [0.3, 0.4) is 0 Å². The second kappa shape index (κ2) is 4.32. The second-order valence-electron chi connectivity index (χ2n) is 2.71. The maximum absolute atomic E-state index is 10.2. The Balaban J connectivity index is 2.77. The molecule has 0 fully saturated rings. The Morgan fingerprint density at radius 3 is 2.54 bits per heavy atom. The Morgan fingerprint density at radius 1 is 1.38 bits per heavy atom. The third kappa shape index (κ3) is 3.00. The number of hydrogen-bond acceptors (Lipinski definition) is 1. The van der Waals surface area contributed by atoms with Crippen molar-refractivity contribution in [3.05, 3.63) is 35.9 Å². The monoisotopic (exact) mass is 174 g/mol. The highest BCUT2D eigenvalue weighted by Crippen LogP contribution is 2.12. The van der Waals surface area contributed by atoms with Crippen LogP contribution < -0.4 is 0 Å². The molecule has 0 saturated carbocycles. The van der Waals surface area contributed by atoms with Gasteiger partial charge in [0.05, 0.1) is 0 Å². The molecule has 1 N–H and O–H groups in total.